The summed E-state index contributed by atoms with van der Waals surface area (Å²) >= 11 is 0. The zero-order valence-electron chi connectivity index (χ0n) is 16.7. The summed E-state index contributed by atoms with van der Waals surface area (Å²) in [4.78, 5) is 10.8. The highest BCUT2D eigenvalue weighted by Gasteiger charge is 2.67. The van der Waals surface area contributed by atoms with E-state index in [9.17, 15) is 0 Å². The molecule has 4 saturated heterocycles. The lowest BCUT2D eigenvalue weighted by Gasteiger charge is -2.61. The fraction of sp³-hybridized carbons (Fsp3) is 0.900. The minimum Gasteiger partial charge on any atom is -0.463 e. The van der Waals surface area contributed by atoms with E-state index in [-0.39, 0.29) is 5.66 Å². The normalized spacial score (nSPS) is 40.0. The van der Waals surface area contributed by atoms with Gasteiger partial charge in [0.15, 0.2) is 5.66 Å². The van der Waals surface area contributed by atoms with Crippen LogP contribution in [0.3, 0.4) is 0 Å². The summed E-state index contributed by atoms with van der Waals surface area (Å²) in [6.45, 7) is 11.9. The molecular formula is C20H36N6O. The van der Waals surface area contributed by atoms with Gasteiger partial charge in [-0.1, -0.05) is 6.42 Å². The van der Waals surface area contributed by atoms with Crippen LogP contribution < -0.4 is 10.6 Å². The minimum atomic E-state index is -0.416. The number of hydrogen-bond acceptors (Lipinski definition) is 7. The molecule has 2 unspecified atom stereocenters. The molecule has 4 fully saturated rings. The highest BCUT2D eigenvalue weighted by Crippen LogP contribution is 2.48. The Morgan fingerprint density at radius 1 is 0.630 bits per heavy atom. The van der Waals surface area contributed by atoms with E-state index in [1.165, 1.54) is 58.3 Å². The van der Waals surface area contributed by atoms with Crippen molar-refractivity contribution in [3.05, 3.63) is 12.3 Å². The Balaban J connectivity index is 1.61. The molecule has 152 valence electrons. The Hall–Kier alpha value is -0.700. The number of likely N-dealkylation sites (tertiary alicyclic amines) is 2. The Kier molecular flexibility index (Phi) is 5.17. The zero-order valence-corrected chi connectivity index (χ0v) is 16.7. The highest BCUT2D eigenvalue weighted by molar-refractivity contribution is 5.23. The van der Waals surface area contributed by atoms with Gasteiger partial charge in [-0.2, -0.15) is 0 Å². The molecule has 0 aromatic rings. The summed E-state index contributed by atoms with van der Waals surface area (Å²) in [6, 6.07) is 0. The molecule has 0 amide bonds. The van der Waals surface area contributed by atoms with Gasteiger partial charge in [0.05, 0.1) is 12.9 Å². The Labute approximate surface area is 163 Å². The zero-order chi connectivity index (χ0) is 18.2. The van der Waals surface area contributed by atoms with Crippen molar-refractivity contribution in [1.29, 1.82) is 0 Å². The second-order valence-electron chi connectivity index (χ2n) is 8.66. The fourth-order valence-electron chi connectivity index (χ4n) is 6.08. The predicted molar refractivity (Wildman–Crippen MR) is 106 cm³/mol. The smallest absolute Gasteiger partial charge is 0.259 e. The number of piperazine rings is 1. The topological polar surface area (TPSA) is 46.2 Å². The van der Waals surface area contributed by atoms with Gasteiger partial charge in [0, 0.05) is 65.4 Å². The molecule has 0 aromatic carbocycles. The fourth-order valence-corrected chi connectivity index (χ4v) is 6.08. The number of piperidine rings is 1. The number of ether oxygens (including phenoxy) is 1. The quantitative estimate of drug-likeness (QED) is 0.728. The second-order valence-corrected chi connectivity index (χ2v) is 8.66. The van der Waals surface area contributed by atoms with E-state index in [4.69, 9.17) is 4.74 Å². The summed E-state index contributed by atoms with van der Waals surface area (Å²) in [5, 5.41) is 7.13. The summed E-state index contributed by atoms with van der Waals surface area (Å²) in [6.07, 6.45) is 11.0. The lowest BCUT2D eigenvalue weighted by molar-refractivity contribution is -0.296. The number of rotatable bonds is 4. The van der Waals surface area contributed by atoms with Gasteiger partial charge in [0.1, 0.15) is 0 Å². The average Bonchev–Trinajstić information content (AvgIpc) is 3.50. The lowest BCUT2D eigenvalue weighted by Crippen LogP contribution is -2.82. The number of hydrogen-bond donors (Lipinski definition) is 2. The molecule has 2 N–H and O–H groups in total. The first-order valence-corrected chi connectivity index (χ1v) is 11.2. The first-order chi connectivity index (χ1) is 13.4. The van der Waals surface area contributed by atoms with Gasteiger partial charge in [-0.3, -0.25) is 9.80 Å². The van der Waals surface area contributed by atoms with E-state index in [1.807, 2.05) is 6.26 Å². The molecule has 0 aliphatic carbocycles. The third-order valence-corrected chi connectivity index (χ3v) is 7.27. The summed E-state index contributed by atoms with van der Waals surface area (Å²) in [7, 11) is 0. The molecule has 0 radical (unpaired) electrons. The van der Waals surface area contributed by atoms with E-state index in [2.05, 4.69) is 36.3 Å². The standard InChI is InChI=1S/C20H36N6O/c1-2-10-23(11-3-1)19(24-12-4-5-13-24)6-17-27-20(19,26-16-9-22-18-26)25-14-7-21-8-15-25/h6,17,21-22H,1-5,7-16,18H2. The van der Waals surface area contributed by atoms with E-state index in [1.54, 1.807) is 0 Å². The van der Waals surface area contributed by atoms with E-state index in [0.717, 1.165) is 45.9 Å². The molecule has 7 heteroatoms. The SMILES string of the molecule is C1=CC(N2CCCCC2)(N2CCCC2)C(N2CCNCC2)(N2CCNC2)O1. The molecule has 5 heterocycles. The summed E-state index contributed by atoms with van der Waals surface area (Å²) < 4.78 is 6.77. The molecule has 5 rings (SSSR count). The van der Waals surface area contributed by atoms with Crippen LogP contribution in [0.15, 0.2) is 12.3 Å². The average molecular weight is 377 g/mol. The van der Waals surface area contributed by atoms with Crippen LogP contribution in [0.5, 0.6) is 0 Å². The molecule has 0 aromatic heterocycles. The predicted octanol–water partition coefficient (Wildman–Crippen LogP) is 0.230. The van der Waals surface area contributed by atoms with Crippen molar-refractivity contribution in [3.8, 4) is 0 Å². The molecule has 7 nitrogen and oxygen atoms in total. The summed E-state index contributed by atoms with van der Waals surface area (Å²) in [5.41, 5.74) is -0.173. The molecule has 0 bridgehead atoms. The highest BCUT2D eigenvalue weighted by atomic mass is 16.5. The van der Waals surface area contributed by atoms with E-state index in [0.29, 0.717) is 0 Å². The van der Waals surface area contributed by atoms with Gasteiger partial charge in [0.2, 0.25) is 0 Å². The summed E-state index contributed by atoms with van der Waals surface area (Å²) in [5.74, 6) is -0.416. The molecule has 5 aliphatic rings. The maximum Gasteiger partial charge on any atom is 0.259 e. The van der Waals surface area contributed by atoms with Crippen LogP contribution in [0.25, 0.3) is 0 Å². The maximum atomic E-state index is 6.77. The van der Waals surface area contributed by atoms with Crippen molar-refractivity contribution >= 4 is 0 Å². The largest absolute Gasteiger partial charge is 0.463 e. The second kappa shape index (κ2) is 7.61. The van der Waals surface area contributed by atoms with Crippen molar-refractivity contribution < 1.29 is 4.74 Å². The van der Waals surface area contributed by atoms with Crippen LogP contribution in [0.2, 0.25) is 0 Å². The van der Waals surface area contributed by atoms with E-state index < -0.39 is 5.85 Å². The molecule has 5 aliphatic heterocycles. The van der Waals surface area contributed by atoms with Gasteiger partial charge < -0.3 is 15.4 Å². The van der Waals surface area contributed by atoms with Crippen molar-refractivity contribution in [3.63, 3.8) is 0 Å². The van der Waals surface area contributed by atoms with Crippen LogP contribution in [0, 0.1) is 0 Å². The third kappa shape index (κ3) is 2.78. The Bertz CT molecular complexity index is 535. The molecule has 0 spiro atoms. The van der Waals surface area contributed by atoms with Crippen molar-refractivity contribution in [2.45, 2.75) is 43.6 Å². The van der Waals surface area contributed by atoms with Crippen LogP contribution in [-0.2, 0) is 4.74 Å². The van der Waals surface area contributed by atoms with Crippen molar-refractivity contribution in [1.82, 2.24) is 30.2 Å². The van der Waals surface area contributed by atoms with Gasteiger partial charge >= 0.3 is 0 Å². The van der Waals surface area contributed by atoms with Gasteiger partial charge in [-0.25, -0.2) is 9.80 Å². The maximum absolute atomic E-state index is 6.77. The number of nitrogens with zero attached hydrogens (tertiary/aromatic N) is 4. The molecule has 2 atom stereocenters. The van der Waals surface area contributed by atoms with Gasteiger partial charge in [-0.15, -0.1) is 0 Å². The monoisotopic (exact) mass is 376 g/mol. The van der Waals surface area contributed by atoms with Crippen LogP contribution in [-0.4, -0.2) is 103 Å². The molecule has 0 saturated carbocycles. The minimum absolute atomic E-state index is 0.173. The third-order valence-electron chi connectivity index (χ3n) is 7.27. The van der Waals surface area contributed by atoms with Crippen LogP contribution in [0.1, 0.15) is 32.1 Å². The van der Waals surface area contributed by atoms with Gasteiger partial charge in [-0.05, 0) is 31.8 Å². The lowest BCUT2D eigenvalue weighted by atomic mass is 9.93. The Morgan fingerprint density at radius 3 is 1.85 bits per heavy atom. The van der Waals surface area contributed by atoms with Crippen LogP contribution >= 0.6 is 0 Å². The van der Waals surface area contributed by atoms with Crippen molar-refractivity contribution in [2.24, 2.45) is 0 Å². The Morgan fingerprint density at radius 2 is 1.22 bits per heavy atom. The molecular weight excluding hydrogens is 340 g/mol. The van der Waals surface area contributed by atoms with E-state index >= 15 is 0 Å². The number of nitrogens with one attached hydrogen (secondary N) is 2. The van der Waals surface area contributed by atoms with Gasteiger partial charge in [0.25, 0.3) is 5.85 Å². The van der Waals surface area contributed by atoms with Crippen LogP contribution in [0.4, 0.5) is 0 Å². The first kappa shape index (κ1) is 18.3. The first-order valence-electron chi connectivity index (χ1n) is 11.2. The van der Waals surface area contributed by atoms with Crippen molar-refractivity contribution in [2.75, 3.05) is 72.1 Å². The molecule has 27 heavy (non-hydrogen) atoms.